The molecule has 0 aliphatic rings. The molecule has 0 radical (unpaired) electrons. The van der Waals surface area contributed by atoms with E-state index in [0.29, 0.717) is 0 Å². The molecule has 0 unspecified atom stereocenters. The summed E-state index contributed by atoms with van der Waals surface area (Å²) in [7, 11) is 0. The Morgan fingerprint density at radius 3 is 2.27 bits per heavy atom. The average molecular weight is 216 g/mol. The molecule has 0 saturated heterocycles. The predicted molar refractivity (Wildman–Crippen MR) is 64.6 cm³/mol. The molecule has 2 heteroatoms. The van der Waals surface area contributed by atoms with E-state index in [-0.39, 0.29) is 0 Å². The predicted octanol–water partition coefficient (Wildman–Crippen LogP) is 3.84. The van der Waals surface area contributed by atoms with Gasteiger partial charge in [-0.2, -0.15) is 0 Å². The van der Waals surface area contributed by atoms with Crippen LogP contribution in [0.4, 0.5) is 0 Å². The summed E-state index contributed by atoms with van der Waals surface area (Å²) in [5.74, 6) is 0. The Kier molecular flexibility index (Phi) is 2.69. The molecule has 0 bridgehead atoms. The molecule has 1 heterocycles. The van der Waals surface area contributed by atoms with E-state index in [9.17, 15) is 4.79 Å². The minimum absolute atomic E-state index is 0.782. The maximum absolute atomic E-state index is 10.6. The number of rotatable bonds is 2. The molecular formula is C13H12OS. The number of aryl methyl sites for hydroxylation is 2. The Morgan fingerprint density at radius 2 is 1.73 bits per heavy atom. The van der Waals surface area contributed by atoms with Crippen molar-refractivity contribution in [2.45, 2.75) is 13.8 Å². The van der Waals surface area contributed by atoms with Crippen LogP contribution in [0.15, 0.2) is 30.3 Å². The molecule has 0 aliphatic heterocycles. The molecule has 2 aromatic rings. The number of hydrogen-bond donors (Lipinski definition) is 0. The van der Waals surface area contributed by atoms with Gasteiger partial charge < -0.3 is 0 Å². The second-order valence-corrected chi connectivity index (χ2v) is 4.81. The SMILES string of the molecule is Cc1cc(C)cc(-c2ccc(C=O)s2)c1. The van der Waals surface area contributed by atoms with Crippen LogP contribution in [0.25, 0.3) is 10.4 Å². The normalized spacial score (nSPS) is 10.3. The van der Waals surface area contributed by atoms with E-state index in [1.54, 1.807) is 0 Å². The van der Waals surface area contributed by atoms with Crippen molar-refractivity contribution in [3.63, 3.8) is 0 Å². The van der Waals surface area contributed by atoms with Crippen LogP contribution in [0.2, 0.25) is 0 Å². The lowest BCUT2D eigenvalue weighted by molar-refractivity contribution is 0.112. The van der Waals surface area contributed by atoms with E-state index < -0.39 is 0 Å². The number of thiophene rings is 1. The zero-order chi connectivity index (χ0) is 10.8. The summed E-state index contributed by atoms with van der Waals surface area (Å²) in [6, 6.07) is 10.3. The molecule has 1 nitrogen and oxygen atoms in total. The van der Waals surface area contributed by atoms with E-state index in [2.05, 4.69) is 32.0 Å². The van der Waals surface area contributed by atoms with Gasteiger partial charge in [-0.25, -0.2) is 0 Å². The third-order valence-corrected chi connectivity index (χ3v) is 3.31. The molecular weight excluding hydrogens is 204 g/mol. The molecule has 0 spiro atoms. The second-order valence-electron chi connectivity index (χ2n) is 3.70. The first-order chi connectivity index (χ1) is 7.19. The molecule has 15 heavy (non-hydrogen) atoms. The van der Waals surface area contributed by atoms with Crippen LogP contribution in [0.3, 0.4) is 0 Å². The maximum atomic E-state index is 10.6. The summed E-state index contributed by atoms with van der Waals surface area (Å²) in [5.41, 5.74) is 3.71. The van der Waals surface area contributed by atoms with Gasteiger partial charge in [0.05, 0.1) is 4.88 Å². The summed E-state index contributed by atoms with van der Waals surface area (Å²) < 4.78 is 0. The third-order valence-electron chi connectivity index (χ3n) is 2.25. The number of benzene rings is 1. The van der Waals surface area contributed by atoms with Gasteiger partial charge in [0, 0.05) is 4.88 Å². The minimum atomic E-state index is 0.782. The standard InChI is InChI=1S/C13H12OS/c1-9-5-10(2)7-11(6-9)13-4-3-12(8-14)15-13/h3-8H,1-2H3. The van der Waals surface area contributed by atoms with Crippen LogP contribution >= 0.6 is 11.3 Å². The molecule has 0 amide bonds. The van der Waals surface area contributed by atoms with Gasteiger partial charge >= 0.3 is 0 Å². The lowest BCUT2D eigenvalue weighted by atomic mass is 10.1. The van der Waals surface area contributed by atoms with Crippen molar-refractivity contribution in [3.8, 4) is 10.4 Å². The fourth-order valence-corrected chi connectivity index (χ4v) is 2.50. The first-order valence-electron chi connectivity index (χ1n) is 4.83. The number of carbonyl (C=O) groups is 1. The van der Waals surface area contributed by atoms with E-state index in [4.69, 9.17) is 0 Å². The summed E-state index contributed by atoms with van der Waals surface area (Å²) in [4.78, 5) is 12.5. The summed E-state index contributed by atoms with van der Waals surface area (Å²) >= 11 is 1.54. The zero-order valence-electron chi connectivity index (χ0n) is 8.78. The van der Waals surface area contributed by atoms with Crippen molar-refractivity contribution in [3.05, 3.63) is 46.3 Å². The molecule has 0 aliphatic carbocycles. The smallest absolute Gasteiger partial charge is 0.160 e. The minimum Gasteiger partial charge on any atom is -0.297 e. The molecule has 1 aromatic carbocycles. The Morgan fingerprint density at radius 1 is 1.07 bits per heavy atom. The number of carbonyl (C=O) groups excluding carboxylic acids is 1. The fraction of sp³-hybridized carbons (Fsp3) is 0.154. The summed E-state index contributed by atoms with van der Waals surface area (Å²) in [6.45, 7) is 4.18. The van der Waals surface area contributed by atoms with Gasteiger partial charge in [-0.3, -0.25) is 4.79 Å². The van der Waals surface area contributed by atoms with Gasteiger partial charge in [0.2, 0.25) is 0 Å². The van der Waals surface area contributed by atoms with E-state index in [1.165, 1.54) is 28.0 Å². The third kappa shape index (κ3) is 2.16. The highest BCUT2D eigenvalue weighted by molar-refractivity contribution is 7.17. The molecule has 0 fully saturated rings. The van der Waals surface area contributed by atoms with Gasteiger partial charge in [0.1, 0.15) is 0 Å². The molecule has 1 aromatic heterocycles. The van der Waals surface area contributed by atoms with E-state index in [0.717, 1.165) is 16.0 Å². The quantitative estimate of drug-likeness (QED) is 0.697. The van der Waals surface area contributed by atoms with Crippen molar-refractivity contribution in [2.75, 3.05) is 0 Å². The Bertz CT molecular complexity index is 477. The van der Waals surface area contributed by atoms with Crippen molar-refractivity contribution >= 4 is 17.6 Å². The lowest BCUT2D eigenvalue weighted by Crippen LogP contribution is -1.79. The Hall–Kier alpha value is -1.41. The topological polar surface area (TPSA) is 17.1 Å². The first-order valence-corrected chi connectivity index (χ1v) is 5.64. The fourth-order valence-electron chi connectivity index (χ4n) is 1.69. The average Bonchev–Trinajstić information content (AvgIpc) is 2.64. The highest BCUT2D eigenvalue weighted by Gasteiger charge is 2.03. The van der Waals surface area contributed by atoms with Crippen LogP contribution in [0.1, 0.15) is 20.8 Å². The monoisotopic (exact) mass is 216 g/mol. The maximum Gasteiger partial charge on any atom is 0.160 e. The summed E-state index contributed by atoms with van der Waals surface area (Å²) in [5, 5.41) is 0. The van der Waals surface area contributed by atoms with Gasteiger partial charge in [-0.1, -0.05) is 29.3 Å². The zero-order valence-corrected chi connectivity index (χ0v) is 9.60. The molecule has 0 N–H and O–H groups in total. The number of aldehydes is 1. The Labute approximate surface area is 93.4 Å². The second kappa shape index (κ2) is 3.99. The van der Waals surface area contributed by atoms with Crippen LogP contribution in [0, 0.1) is 13.8 Å². The van der Waals surface area contributed by atoms with Crippen molar-refractivity contribution in [1.82, 2.24) is 0 Å². The molecule has 0 saturated carbocycles. The summed E-state index contributed by atoms with van der Waals surface area (Å²) in [6.07, 6.45) is 0.900. The Balaban J connectivity index is 2.48. The van der Waals surface area contributed by atoms with Crippen LogP contribution in [-0.2, 0) is 0 Å². The van der Waals surface area contributed by atoms with Gasteiger partial charge in [-0.15, -0.1) is 11.3 Å². The van der Waals surface area contributed by atoms with Crippen molar-refractivity contribution < 1.29 is 4.79 Å². The van der Waals surface area contributed by atoms with Crippen LogP contribution < -0.4 is 0 Å². The first kappa shape index (κ1) is 10.1. The van der Waals surface area contributed by atoms with Gasteiger partial charge in [0.25, 0.3) is 0 Å². The van der Waals surface area contributed by atoms with Crippen LogP contribution in [-0.4, -0.2) is 6.29 Å². The van der Waals surface area contributed by atoms with Gasteiger partial charge in [0.15, 0.2) is 6.29 Å². The van der Waals surface area contributed by atoms with Gasteiger partial charge in [-0.05, 0) is 31.5 Å². The van der Waals surface area contributed by atoms with E-state index in [1.807, 2.05) is 12.1 Å². The highest BCUT2D eigenvalue weighted by Crippen LogP contribution is 2.28. The molecule has 2 rings (SSSR count). The number of hydrogen-bond acceptors (Lipinski definition) is 2. The highest BCUT2D eigenvalue weighted by atomic mass is 32.1. The van der Waals surface area contributed by atoms with E-state index >= 15 is 0 Å². The molecule has 0 atom stereocenters. The van der Waals surface area contributed by atoms with Crippen molar-refractivity contribution in [2.24, 2.45) is 0 Å². The van der Waals surface area contributed by atoms with Crippen LogP contribution in [0.5, 0.6) is 0 Å². The largest absolute Gasteiger partial charge is 0.297 e. The molecule has 76 valence electrons. The van der Waals surface area contributed by atoms with Crippen molar-refractivity contribution in [1.29, 1.82) is 0 Å². The lowest BCUT2D eigenvalue weighted by Gasteiger charge is -2.01.